The van der Waals surface area contributed by atoms with Crippen molar-refractivity contribution in [3.05, 3.63) is 35.9 Å². The SMILES string of the molecule is CN(C)CCN(Cc1ccccc1)C(=O)CNC1CC1. The van der Waals surface area contributed by atoms with E-state index in [0.29, 0.717) is 19.1 Å². The van der Waals surface area contributed by atoms with E-state index in [1.807, 2.05) is 37.2 Å². The maximum Gasteiger partial charge on any atom is 0.236 e. The number of nitrogens with zero attached hydrogens (tertiary/aromatic N) is 2. The largest absolute Gasteiger partial charge is 0.336 e. The van der Waals surface area contributed by atoms with Crippen LogP contribution in [0, 0.1) is 0 Å². The molecule has 1 fully saturated rings. The highest BCUT2D eigenvalue weighted by molar-refractivity contribution is 5.78. The van der Waals surface area contributed by atoms with E-state index >= 15 is 0 Å². The number of amides is 1. The van der Waals surface area contributed by atoms with Crippen LogP contribution in [-0.2, 0) is 11.3 Å². The Morgan fingerprint density at radius 2 is 1.90 bits per heavy atom. The topological polar surface area (TPSA) is 35.6 Å². The second kappa shape index (κ2) is 7.41. The third-order valence-corrected chi connectivity index (χ3v) is 3.51. The van der Waals surface area contributed by atoms with Gasteiger partial charge >= 0.3 is 0 Å². The molecule has 1 aromatic rings. The van der Waals surface area contributed by atoms with E-state index in [2.05, 4.69) is 22.3 Å². The lowest BCUT2D eigenvalue weighted by molar-refractivity contribution is -0.131. The van der Waals surface area contributed by atoms with E-state index < -0.39 is 0 Å². The predicted molar refractivity (Wildman–Crippen MR) is 81.4 cm³/mol. The van der Waals surface area contributed by atoms with Gasteiger partial charge < -0.3 is 15.1 Å². The maximum atomic E-state index is 12.3. The van der Waals surface area contributed by atoms with Crippen molar-refractivity contribution in [1.29, 1.82) is 0 Å². The molecule has 0 spiro atoms. The van der Waals surface area contributed by atoms with E-state index in [0.717, 1.165) is 13.1 Å². The molecule has 20 heavy (non-hydrogen) atoms. The molecule has 0 bridgehead atoms. The summed E-state index contributed by atoms with van der Waals surface area (Å²) < 4.78 is 0. The van der Waals surface area contributed by atoms with Crippen LogP contribution in [0.1, 0.15) is 18.4 Å². The molecule has 0 aliphatic heterocycles. The Kier molecular flexibility index (Phi) is 5.56. The van der Waals surface area contributed by atoms with Crippen molar-refractivity contribution in [1.82, 2.24) is 15.1 Å². The summed E-state index contributed by atoms with van der Waals surface area (Å²) in [6.07, 6.45) is 2.42. The molecule has 1 aromatic carbocycles. The number of carbonyl (C=O) groups excluding carboxylic acids is 1. The van der Waals surface area contributed by atoms with Crippen molar-refractivity contribution >= 4 is 5.91 Å². The Morgan fingerprint density at radius 3 is 2.50 bits per heavy atom. The van der Waals surface area contributed by atoms with Gasteiger partial charge in [-0.25, -0.2) is 0 Å². The second-order valence-electron chi connectivity index (χ2n) is 5.76. The molecule has 0 atom stereocenters. The minimum Gasteiger partial charge on any atom is -0.336 e. The normalized spacial score (nSPS) is 14.6. The highest BCUT2D eigenvalue weighted by atomic mass is 16.2. The summed E-state index contributed by atoms with van der Waals surface area (Å²) in [4.78, 5) is 16.4. The molecule has 2 rings (SSSR count). The third-order valence-electron chi connectivity index (χ3n) is 3.51. The van der Waals surface area contributed by atoms with Gasteiger partial charge in [0.2, 0.25) is 5.91 Å². The second-order valence-corrected chi connectivity index (χ2v) is 5.76. The van der Waals surface area contributed by atoms with Gasteiger partial charge in [-0.3, -0.25) is 4.79 Å². The fraction of sp³-hybridized carbons (Fsp3) is 0.562. The molecule has 1 aliphatic rings. The molecule has 0 heterocycles. The molecular weight excluding hydrogens is 250 g/mol. The highest BCUT2D eigenvalue weighted by Crippen LogP contribution is 2.18. The molecule has 0 unspecified atom stereocenters. The Hall–Kier alpha value is -1.39. The van der Waals surface area contributed by atoms with Crippen LogP contribution in [0.3, 0.4) is 0 Å². The lowest BCUT2D eigenvalue weighted by atomic mass is 10.2. The lowest BCUT2D eigenvalue weighted by Gasteiger charge is -2.25. The van der Waals surface area contributed by atoms with Crippen LogP contribution in [0.2, 0.25) is 0 Å². The fourth-order valence-corrected chi connectivity index (χ4v) is 2.05. The molecule has 1 saturated carbocycles. The van der Waals surface area contributed by atoms with Crippen LogP contribution in [0.4, 0.5) is 0 Å². The fourth-order valence-electron chi connectivity index (χ4n) is 2.05. The van der Waals surface area contributed by atoms with Crippen molar-refractivity contribution in [2.75, 3.05) is 33.7 Å². The molecule has 4 nitrogen and oxygen atoms in total. The first-order chi connectivity index (χ1) is 9.65. The zero-order chi connectivity index (χ0) is 14.4. The van der Waals surface area contributed by atoms with Crippen LogP contribution in [0.5, 0.6) is 0 Å². The standard InChI is InChI=1S/C16H25N3O/c1-18(2)10-11-19(13-14-6-4-3-5-7-14)16(20)12-17-15-8-9-15/h3-7,15,17H,8-13H2,1-2H3. The first-order valence-corrected chi connectivity index (χ1v) is 7.35. The van der Waals surface area contributed by atoms with Crippen molar-refractivity contribution in [2.24, 2.45) is 0 Å². The quantitative estimate of drug-likeness (QED) is 0.777. The Bertz CT molecular complexity index is 415. The van der Waals surface area contributed by atoms with Crippen molar-refractivity contribution in [3.63, 3.8) is 0 Å². The minimum atomic E-state index is 0.197. The molecule has 110 valence electrons. The number of likely N-dealkylation sites (N-methyl/N-ethyl adjacent to an activating group) is 1. The smallest absolute Gasteiger partial charge is 0.236 e. The van der Waals surface area contributed by atoms with Crippen molar-refractivity contribution in [3.8, 4) is 0 Å². The molecule has 1 aliphatic carbocycles. The van der Waals surface area contributed by atoms with E-state index in [-0.39, 0.29) is 5.91 Å². The zero-order valence-corrected chi connectivity index (χ0v) is 12.5. The summed E-state index contributed by atoms with van der Waals surface area (Å²) >= 11 is 0. The van der Waals surface area contributed by atoms with Crippen LogP contribution < -0.4 is 5.32 Å². The van der Waals surface area contributed by atoms with Gasteiger partial charge in [0.1, 0.15) is 0 Å². The number of hydrogen-bond donors (Lipinski definition) is 1. The summed E-state index contributed by atoms with van der Waals surface area (Å²) in [5, 5.41) is 3.31. The van der Waals surface area contributed by atoms with Crippen molar-refractivity contribution < 1.29 is 4.79 Å². The van der Waals surface area contributed by atoms with E-state index in [1.165, 1.54) is 18.4 Å². The van der Waals surface area contributed by atoms with E-state index in [1.54, 1.807) is 0 Å². The summed E-state index contributed by atoms with van der Waals surface area (Å²) in [6, 6.07) is 10.8. The van der Waals surface area contributed by atoms with Gasteiger partial charge in [0.15, 0.2) is 0 Å². The molecule has 1 amide bonds. The molecule has 0 radical (unpaired) electrons. The Labute approximate surface area is 121 Å². The average Bonchev–Trinajstić information content (AvgIpc) is 3.26. The Morgan fingerprint density at radius 1 is 1.20 bits per heavy atom. The number of rotatable bonds is 8. The van der Waals surface area contributed by atoms with Gasteiger partial charge in [0.05, 0.1) is 6.54 Å². The lowest BCUT2D eigenvalue weighted by Crippen LogP contribution is -2.41. The van der Waals surface area contributed by atoms with E-state index in [4.69, 9.17) is 0 Å². The van der Waals surface area contributed by atoms with Gasteiger partial charge in [-0.15, -0.1) is 0 Å². The van der Waals surface area contributed by atoms with Crippen molar-refractivity contribution in [2.45, 2.75) is 25.4 Å². The minimum absolute atomic E-state index is 0.197. The van der Waals surface area contributed by atoms with Crippen LogP contribution >= 0.6 is 0 Å². The summed E-state index contributed by atoms with van der Waals surface area (Å²) in [7, 11) is 4.07. The monoisotopic (exact) mass is 275 g/mol. The highest BCUT2D eigenvalue weighted by Gasteiger charge is 2.22. The molecule has 0 aromatic heterocycles. The average molecular weight is 275 g/mol. The van der Waals surface area contributed by atoms with Crippen LogP contribution in [0.25, 0.3) is 0 Å². The van der Waals surface area contributed by atoms with Crippen LogP contribution in [-0.4, -0.2) is 55.5 Å². The van der Waals surface area contributed by atoms with Gasteiger partial charge in [0, 0.05) is 25.7 Å². The first-order valence-electron chi connectivity index (χ1n) is 7.35. The summed E-state index contributed by atoms with van der Waals surface area (Å²) in [5.41, 5.74) is 1.19. The van der Waals surface area contributed by atoms with Gasteiger partial charge in [0.25, 0.3) is 0 Å². The Balaban J connectivity index is 1.89. The third kappa shape index (κ3) is 5.31. The number of nitrogens with one attached hydrogen (secondary N) is 1. The van der Waals surface area contributed by atoms with Gasteiger partial charge in [-0.2, -0.15) is 0 Å². The van der Waals surface area contributed by atoms with Crippen LogP contribution in [0.15, 0.2) is 30.3 Å². The summed E-state index contributed by atoms with van der Waals surface area (Å²) in [5.74, 6) is 0.197. The molecule has 0 saturated heterocycles. The zero-order valence-electron chi connectivity index (χ0n) is 12.5. The van der Waals surface area contributed by atoms with Gasteiger partial charge in [-0.1, -0.05) is 30.3 Å². The molecular formula is C16H25N3O. The predicted octanol–water partition coefficient (Wildman–Crippen LogP) is 1.33. The summed E-state index contributed by atoms with van der Waals surface area (Å²) in [6.45, 7) is 2.82. The van der Waals surface area contributed by atoms with E-state index in [9.17, 15) is 4.79 Å². The molecule has 1 N–H and O–H groups in total. The first kappa shape index (κ1) is 15.0. The molecule has 4 heteroatoms. The number of benzene rings is 1. The number of hydrogen-bond acceptors (Lipinski definition) is 3. The van der Waals surface area contributed by atoms with Gasteiger partial charge in [-0.05, 0) is 32.5 Å². The number of carbonyl (C=O) groups is 1. The maximum absolute atomic E-state index is 12.3.